The van der Waals surface area contributed by atoms with Crippen molar-refractivity contribution in [2.45, 2.75) is 106 Å². The van der Waals surface area contributed by atoms with Crippen LogP contribution in [0, 0.1) is 18.6 Å². The minimum atomic E-state index is -0.709. The molecule has 2 amide bonds. The highest BCUT2D eigenvalue weighted by Crippen LogP contribution is 2.17. The number of benzene rings is 2. The molecule has 1 unspecified atom stereocenters. The summed E-state index contributed by atoms with van der Waals surface area (Å²) in [6, 6.07) is 15.1. The monoisotopic (exact) mass is 667 g/mol. The van der Waals surface area contributed by atoms with Crippen LogP contribution in [0.4, 0.5) is 8.78 Å². The van der Waals surface area contributed by atoms with Crippen molar-refractivity contribution in [2.24, 2.45) is 0 Å². The van der Waals surface area contributed by atoms with E-state index in [1.807, 2.05) is 68.1 Å². The number of carbonyl (C=O) groups is 2. The van der Waals surface area contributed by atoms with E-state index in [1.165, 1.54) is 24.6 Å². The van der Waals surface area contributed by atoms with Gasteiger partial charge in [0.15, 0.2) is 0 Å². The van der Waals surface area contributed by atoms with Gasteiger partial charge < -0.3 is 25.8 Å². The third-order valence-electron chi connectivity index (χ3n) is 7.41. The molecule has 0 bridgehead atoms. The summed E-state index contributed by atoms with van der Waals surface area (Å²) in [4.78, 5) is 25.7. The van der Waals surface area contributed by atoms with Crippen LogP contribution in [0.1, 0.15) is 83.9 Å². The second-order valence-electron chi connectivity index (χ2n) is 11.9. The average molecular weight is 668 g/mol. The molecule has 0 aliphatic rings. The summed E-state index contributed by atoms with van der Waals surface area (Å²) in [6.45, 7) is 15.8. The lowest BCUT2D eigenvalue weighted by Gasteiger charge is -2.20. The molecule has 7 nitrogen and oxygen atoms in total. The number of nitrogens with zero attached hydrogens (tertiary/aromatic N) is 1. The SMILES string of the molecule is CC=C(CN[C@@H](C)CC)NCC(=O)NC(Cn1cccc1)C(=O)NCCCc1cccc(F)c1CCC.CCC.Cc1cccc(F)c1. The van der Waals surface area contributed by atoms with Gasteiger partial charge >= 0.3 is 0 Å². The molecule has 0 aliphatic heterocycles. The predicted molar refractivity (Wildman–Crippen MR) is 195 cm³/mol. The zero-order valence-electron chi connectivity index (χ0n) is 30.2. The van der Waals surface area contributed by atoms with Crippen molar-refractivity contribution in [3.8, 4) is 0 Å². The van der Waals surface area contributed by atoms with Crippen LogP contribution in [0.25, 0.3) is 0 Å². The molecule has 2 atom stereocenters. The van der Waals surface area contributed by atoms with Gasteiger partial charge in [0.25, 0.3) is 0 Å². The van der Waals surface area contributed by atoms with Crippen molar-refractivity contribution < 1.29 is 18.4 Å². The van der Waals surface area contributed by atoms with Gasteiger partial charge in [0.05, 0.1) is 13.1 Å². The van der Waals surface area contributed by atoms with E-state index in [0.717, 1.165) is 35.2 Å². The second-order valence-corrected chi connectivity index (χ2v) is 11.9. The molecule has 0 fully saturated rings. The fraction of sp³-hybridized carbons (Fsp3) is 0.487. The molecule has 0 spiro atoms. The zero-order valence-corrected chi connectivity index (χ0v) is 30.2. The standard InChI is InChI=1S/C29H44FN5O2.C7H7F.C3H8/c1-5-12-25-23(13-10-15-26(25)30)14-11-16-31-29(37)27(21-35-17-8-9-18-35)34-28(36)20-33-24(7-3)19-32-22(4)6-2;1-6-3-2-4-7(8)5-6;1-3-2/h7-10,13,15,17-18,22,27,32-33H,5-6,11-12,14,16,19-21H2,1-4H3,(H,31,37)(H,34,36);2-5H,1H3;3H2,1-2H3/t22-,27?;;/m0../s1. The Morgan fingerprint density at radius 3 is 2.19 bits per heavy atom. The molecule has 4 N–H and O–H groups in total. The Morgan fingerprint density at radius 1 is 0.917 bits per heavy atom. The van der Waals surface area contributed by atoms with E-state index in [2.05, 4.69) is 49.0 Å². The molecule has 0 saturated carbocycles. The van der Waals surface area contributed by atoms with Crippen molar-refractivity contribution in [1.29, 1.82) is 0 Å². The summed E-state index contributed by atoms with van der Waals surface area (Å²) in [5, 5.41) is 12.4. The van der Waals surface area contributed by atoms with E-state index in [0.29, 0.717) is 44.9 Å². The lowest BCUT2D eigenvalue weighted by Crippen LogP contribution is -2.51. The number of amides is 2. The molecular formula is C39H59F2N5O2. The van der Waals surface area contributed by atoms with Crippen LogP contribution >= 0.6 is 0 Å². The maximum Gasteiger partial charge on any atom is 0.244 e. The number of nitrogens with one attached hydrogen (secondary N) is 4. The molecule has 9 heteroatoms. The molecule has 2 aromatic carbocycles. The van der Waals surface area contributed by atoms with Crippen molar-refractivity contribution in [3.63, 3.8) is 0 Å². The molecule has 266 valence electrons. The van der Waals surface area contributed by atoms with Gasteiger partial charge in [-0.2, -0.15) is 0 Å². The first-order valence-corrected chi connectivity index (χ1v) is 17.4. The fourth-order valence-electron chi connectivity index (χ4n) is 4.62. The fourth-order valence-corrected chi connectivity index (χ4v) is 4.62. The Bertz CT molecular complexity index is 1330. The normalized spacial score (nSPS) is 12.1. The summed E-state index contributed by atoms with van der Waals surface area (Å²) in [7, 11) is 0. The Hall–Kier alpha value is -3.98. The highest BCUT2D eigenvalue weighted by molar-refractivity contribution is 5.88. The lowest BCUT2D eigenvalue weighted by molar-refractivity contribution is -0.128. The molecule has 3 aromatic rings. The Labute approximate surface area is 288 Å². The van der Waals surface area contributed by atoms with Gasteiger partial charge in [-0.15, -0.1) is 0 Å². The molecule has 0 saturated heterocycles. The van der Waals surface area contributed by atoms with Crippen LogP contribution in [0.5, 0.6) is 0 Å². The third-order valence-corrected chi connectivity index (χ3v) is 7.41. The minimum absolute atomic E-state index is 0.0805. The number of carbonyl (C=O) groups excluding carboxylic acids is 2. The summed E-state index contributed by atoms with van der Waals surface area (Å²) < 4.78 is 28.2. The van der Waals surface area contributed by atoms with Gasteiger partial charge in [-0.3, -0.25) is 9.59 Å². The number of hydrogen-bond acceptors (Lipinski definition) is 4. The van der Waals surface area contributed by atoms with Gasteiger partial charge in [-0.05, 0) is 93.5 Å². The van der Waals surface area contributed by atoms with Crippen molar-refractivity contribution in [3.05, 3.63) is 107 Å². The van der Waals surface area contributed by atoms with Gasteiger partial charge in [-0.1, -0.05) is 70.9 Å². The highest BCUT2D eigenvalue weighted by atomic mass is 19.1. The van der Waals surface area contributed by atoms with Crippen LogP contribution in [0.15, 0.2) is 78.8 Å². The maximum atomic E-state index is 14.2. The van der Waals surface area contributed by atoms with Crippen LogP contribution in [0.3, 0.4) is 0 Å². The molecule has 1 heterocycles. The largest absolute Gasteiger partial charge is 0.379 e. The van der Waals surface area contributed by atoms with E-state index in [9.17, 15) is 18.4 Å². The first kappa shape index (κ1) is 42.0. The summed E-state index contributed by atoms with van der Waals surface area (Å²) in [6.07, 6.45) is 10.9. The molecule has 0 radical (unpaired) electrons. The summed E-state index contributed by atoms with van der Waals surface area (Å²) in [5.74, 6) is -0.813. The van der Waals surface area contributed by atoms with Crippen molar-refractivity contribution >= 4 is 11.8 Å². The number of hydrogen-bond donors (Lipinski definition) is 4. The minimum Gasteiger partial charge on any atom is -0.379 e. The van der Waals surface area contributed by atoms with Crippen LogP contribution in [-0.2, 0) is 29.0 Å². The Morgan fingerprint density at radius 2 is 1.60 bits per heavy atom. The first-order valence-electron chi connectivity index (χ1n) is 17.4. The predicted octanol–water partition coefficient (Wildman–Crippen LogP) is 7.25. The second kappa shape index (κ2) is 25.1. The third kappa shape index (κ3) is 17.8. The average Bonchev–Trinajstić information content (AvgIpc) is 3.58. The van der Waals surface area contributed by atoms with E-state index < -0.39 is 6.04 Å². The first-order chi connectivity index (χ1) is 23.1. The Balaban J connectivity index is 0.000000888. The molecule has 48 heavy (non-hydrogen) atoms. The topological polar surface area (TPSA) is 87.2 Å². The molecule has 1 aromatic heterocycles. The number of halogens is 2. The maximum absolute atomic E-state index is 14.2. The van der Waals surface area contributed by atoms with E-state index in [1.54, 1.807) is 12.1 Å². The smallest absolute Gasteiger partial charge is 0.244 e. The molecule has 0 aliphatic carbocycles. The summed E-state index contributed by atoms with van der Waals surface area (Å²) >= 11 is 0. The van der Waals surface area contributed by atoms with Gasteiger partial charge in [0.2, 0.25) is 11.8 Å². The van der Waals surface area contributed by atoms with Crippen molar-refractivity contribution in [2.75, 3.05) is 19.6 Å². The van der Waals surface area contributed by atoms with Crippen LogP contribution in [-0.4, -0.2) is 48.1 Å². The number of aromatic nitrogens is 1. The zero-order chi connectivity index (χ0) is 35.7. The molecular weight excluding hydrogens is 608 g/mol. The summed E-state index contributed by atoms with van der Waals surface area (Å²) in [5.41, 5.74) is 3.65. The van der Waals surface area contributed by atoms with Gasteiger partial charge in [0.1, 0.15) is 17.7 Å². The Kier molecular flexibility index (Phi) is 22.0. The van der Waals surface area contributed by atoms with E-state index in [4.69, 9.17) is 0 Å². The van der Waals surface area contributed by atoms with Crippen LogP contribution < -0.4 is 21.3 Å². The quantitative estimate of drug-likeness (QED) is 0.114. The van der Waals surface area contributed by atoms with Crippen molar-refractivity contribution in [1.82, 2.24) is 25.8 Å². The van der Waals surface area contributed by atoms with Gasteiger partial charge in [-0.25, -0.2) is 8.78 Å². The number of allylic oxidation sites excluding steroid dienone is 1. The van der Waals surface area contributed by atoms with E-state index >= 15 is 0 Å². The number of rotatable bonds is 17. The molecule has 3 rings (SSSR count). The van der Waals surface area contributed by atoms with Gasteiger partial charge in [0, 0.05) is 37.2 Å². The highest BCUT2D eigenvalue weighted by Gasteiger charge is 2.21. The number of aryl methyl sites for hydroxylation is 2. The lowest BCUT2D eigenvalue weighted by atomic mass is 9.99. The van der Waals surface area contributed by atoms with E-state index in [-0.39, 0.29) is 30.0 Å². The van der Waals surface area contributed by atoms with Crippen LogP contribution in [0.2, 0.25) is 0 Å².